The molecule has 8 nitrogen and oxygen atoms in total. The van der Waals surface area contributed by atoms with Crippen molar-refractivity contribution in [2.24, 2.45) is 17.3 Å². The summed E-state index contributed by atoms with van der Waals surface area (Å²) >= 11 is 0. The molecule has 2 amide bonds. The third-order valence-electron chi connectivity index (χ3n) is 10.1. The Morgan fingerprint density at radius 1 is 1.05 bits per heavy atom. The van der Waals surface area contributed by atoms with Gasteiger partial charge >= 0.3 is 0 Å². The fourth-order valence-corrected chi connectivity index (χ4v) is 7.27. The molecule has 2 aliphatic heterocycles. The molecule has 2 saturated heterocycles. The Hall–Kier alpha value is -3.04. The van der Waals surface area contributed by atoms with Gasteiger partial charge in [-0.1, -0.05) is 71.1 Å². The van der Waals surface area contributed by atoms with Gasteiger partial charge in [-0.3, -0.25) is 14.4 Å². The van der Waals surface area contributed by atoms with Crippen LogP contribution >= 0.6 is 0 Å². The van der Waals surface area contributed by atoms with Gasteiger partial charge in [0.1, 0.15) is 5.82 Å². The van der Waals surface area contributed by atoms with E-state index in [1.54, 1.807) is 23.1 Å². The van der Waals surface area contributed by atoms with Gasteiger partial charge in [0, 0.05) is 74.0 Å². The van der Waals surface area contributed by atoms with Crippen molar-refractivity contribution in [3.63, 3.8) is 0 Å². The van der Waals surface area contributed by atoms with Crippen LogP contribution in [0, 0.1) is 23.1 Å². The number of hydrogen-bond donors (Lipinski definition) is 2. The minimum atomic E-state index is -1.30. The Labute approximate surface area is 254 Å². The summed E-state index contributed by atoms with van der Waals surface area (Å²) in [4.78, 5) is 44.3. The van der Waals surface area contributed by atoms with Crippen LogP contribution in [0.25, 0.3) is 11.1 Å². The number of nitrogens with one attached hydrogen (secondary N) is 1. The molecule has 234 valence electrons. The number of aromatic nitrogens is 1. The molecule has 2 N–H and O–H groups in total. The monoisotopic (exact) mass is 594 g/mol. The number of pyridine rings is 1. The zero-order valence-electron chi connectivity index (χ0n) is 25.9. The first kappa shape index (κ1) is 31.4. The fourth-order valence-electron chi connectivity index (χ4n) is 7.27. The van der Waals surface area contributed by atoms with Gasteiger partial charge in [0.25, 0.3) is 11.5 Å². The van der Waals surface area contributed by atoms with Crippen molar-refractivity contribution < 1.29 is 19.1 Å². The molecule has 2 atom stereocenters. The maximum atomic E-state index is 14.9. The van der Waals surface area contributed by atoms with Crippen LogP contribution in [0.5, 0.6) is 0 Å². The van der Waals surface area contributed by atoms with E-state index in [4.69, 9.17) is 0 Å². The fraction of sp³-hybridized carbons (Fsp3) is 0.618. The molecule has 9 heteroatoms. The zero-order chi connectivity index (χ0) is 30.8. The average molecular weight is 595 g/mol. The van der Waals surface area contributed by atoms with E-state index < -0.39 is 22.4 Å². The van der Waals surface area contributed by atoms with E-state index >= 15 is 0 Å². The van der Waals surface area contributed by atoms with Crippen LogP contribution in [0.15, 0.2) is 41.3 Å². The number of likely N-dealkylation sites (tertiary alicyclic amines) is 1. The van der Waals surface area contributed by atoms with Gasteiger partial charge in [-0.2, -0.15) is 0 Å². The maximum Gasteiger partial charge on any atom is 0.256 e. The number of carbonyl (C=O) groups is 2. The van der Waals surface area contributed by atoms with Crippen LogP contribution in [-0.4, -0.2) is 76.2 Å². The molecule has 1 aliphatic carbocycles. The molecule has 3 aliphatic rings. The highest BCUT2D eigenvalue weighted by Crippen LogP contribution is 2.41. The van der Waals surface area contributed by atoms with E-state index in [0.29, 0.717) is 51.6 Å². The zero-order valence-corrected chi connectivity index (χ0v) is 25.9. The Bertz CT molecular complexity index is 1380. The lowest BCUT2D eigenvalue weighted by molar-refractivity contribution is -0.157. The van der Waals surface area contributed by atoms with E-state index in [1.807, 2.05) is 25.7 Å². The van der Waals surface area contributed by atoms with E-state index in [0.717, 1.165) is 6.42 Å². The summed E-state index contributed by atoms with van der Waals surface area (Å²) in [6.07, 6.45) is 8.90. The molecule has 0 radical (unpaired) electrons. The minimum absolute atomic E-state index is 0.0299. The molecule has 1 aromatic carbocycles. The average Bonchev–Trinajstić information content (AvgIpc) is 3.00. The van der Waals surface area contributed by atoms with E-state index in [1.165, 1.54) is 55.0 Å². The molecule has 1 saturated carbocycles. The second-order valence-electron chi connectivity index (χ2n) is 13.7. The van der Waals surface area contributed by atoms with E-state index in [-0.39, 0.29) is 41.0 Å². The largest absolute Gasteiger partial charge is 0.387 e. The molecular formula is C34H47FN4O4. The normalized spacial score (nSPS) is 23.7. The molecule has 5 rings (SSSR count). The lowest BCUT2D eigenvalue weighted by Gasteiger charge is -2.51. The van der Waals surface area contributed by atoms with Crippen molar-refractivity contribution in [1.29, 1.82) is 0 Å². The van der Waals surface area contributed by atoms with Gasteiger partial charge in [0.2, 0.25) is 5.91 Å². The van der Waals surface area contributed by atoms with Crippen LogP contribution in [0.2, 0.25) is 0 Å². The quantitative estimate of drug-likeness (QED) is 0.499. The van der Waals surface area contributed by atoms with Gasteiger partial charge in [-0.15, -0.1) is 0 Å². The number of benzene rings is 1. The third kappa shape index (κ3) is 6.73. The Balaban J connectivity index is 1.39. The number of aliphatic hydroxyl groups is 1. The number of halogens is 1. The summed E-state index contributed by atoms with van der Waals surface area (Å²) < 4.78 is 16.3. The van der Waals surface area contributed by atoms with Crippen molar-refractivity contribution in [1.82, 2.24) is 19.7 Å². The lowest BCUT2D eigenvalue weighted by Crippen LogP contribution is -2.61. The van der Waals surface area contributed by atoms with Gasteiger partial charge in [0.05, 0.1) is 17.7 Å². The second kappa shape index (κ2) is 12.9. The van der Waals surface area contributed by atoms with Crippen molar-refractivity contribution in [3.05, 3.63) is 58.3 Å². The van der Waals surface area contributed by atoms with Gasteiger partial charge < -0.3 is 24.8 Å². The smallest absolute Gasteiger partial charge is 0.256 e. The molecule has 0 bridgehead atoms. The van der Waals surface area contributed by atoms with Gasteiger partial charge in [-0.25, -0.2) is 4.39 Å². The number of piperazine rings is 1. The predicted octanol–water partition coefficient (Wildman–Crippen LogP) is 4.30. The van der Waals surface area contributed by atoms with Crippen LogP contribution in [-0.2, 0) is 11.3 Å². The van der Waals surface area contributed by atoms with Crippen molar-refractivity contribution >= 4 is 11.8 Å². The molecule has 0 unspecified atom stereocenters. The topological polar surface area (TPSA) is 94.9 Å². The Morgan fingerprint density at radius 3 is 2.42 bits per heavy atom. The highest BCUT2D eigenvalue weighted by Gasteiger charge is 2.49. The van der Waals surface area contributed by atoms with Crippen LogP contribution in [0.4, 0.5) is 4.39 Å². The molecule has 3 heterocycles. The maximum absolute atomic E-state index is 14.9. The summed E-state index contributed by atoms with van der Waals surface area (Å²) in [6, 6.07) is 7.45. The molecule has 0 spiro atoms. The summed E-state index contributed by atoms with van der Waals surface area (Å²) in [5.74, 6) is -0.0939. The molecule has 2 aromatic rings. The number of hydrogen-bond acceptors (Lipinski definition) is 5. The van der Waals surface area contributed by atoms with Crippen molar-refractivity contribution in [2.45, 2.75) is 77.9 Å². The molecular weight excluding hydrogens is 547 g/mol. The number of piperidine rings is 1. The summed E-state index contributed by atoms with van der Waals surface area (Å²) in [5.41, 5.74) is -1.75. The van der Waals surface area contributed by atoms with E-state index in [9.17, 15) is 23.9 Å². The SMILES string of the molecule is C[C@H](CC1CCCCC1)C(=O)N1CC[C@](O)(Cn2cc(C(=O)N3CCNCC3)c(-c3ccccc3F)cc2=O)C(C)(C)C1. The van der Waals surface area contributed by atoms with Crippen LogP contribution in [0.1, 0.15) is 76.1 Å². The summed E-state index contributed by atoms with van der Waals surface area (Å²) in [7, 11) is 0. The highest BCUT2D eigenvalue weighted by molar-refractivity contribution is 6.00. The van der Waals surface area contributed by atoms with Crippen LogP contribution in [0.3, 0.4) is 0 Å². The first-order valence-corrected chi connectivity index (χ1v) is 16.0. The number of amides is 2. The first-order chi connectivity index (χ1) is 20.5. The standard InChI is InChI=1S/C34H47FN4O4/c1-24(19-25-9-5-4-6-10-25)31(41)38-16-13-34(43,33(2,3)22-38)23-39-21-28(32(42)37-17-14-36-15-18-37)27(20-30(39)40)26-11-7-8-12-29(26)35/h7-8,11-12,20-21,24-25,36,43H,4-6,9-10,13-19,22-23H2,1-3H3/t24-,34+/m1/s1. The van der Waals surface area contributed by atoms with E-state index in [2.05, 4.69) is 5.32 Å². The third-order valence-corrected chi connectivity index (χ3v) is 10.1. The number of rotatable bonds is 7. The Morgan fingerprint density at radius 2 is 1.74 bits per heavy atom. The van der Waals surface area contributed by atoms with Crippen molar-refractivity contribution in [3.8, 4) is 11.1 Å². The molecule has 1 aromatic heterocycles. The van der Waals surface area contributed by atoms with Gasteiger partial charge in [0.15, 0.2) is 0 Å². The minimum Gasteiger partial charge on any atom is -0.387 e. The molecule has 3 fully saturated rings. The van der Waals surface area contributed by atoms with Gasteiger partial charge in [-0.05, 0) is 24.8 Å². The summed E-state index contributed by atoms with van der Waals surface area (Å²) in [6.45, 7) is 8.98. The van der Waals surface area contributed by atoms with Crippen molar-refractivity contribution in [2.75, 3.05) is 39.3 Å². The number of carbonyl (C=O) groups excluding carboxylic acids is 2. The first-order valence-electron chi connectivity index (χ1n) is 16.0. The highest BCUT2D eigenvalue weighted by atomic mass is 19.1. The second-order valence-corrected chi connectivity index (χ2v) is 13.7. The molecule has 43 heavy (non-hydrogen) atoms. The number of nitrogens with zero attached hydrogens (tertiary/aromatic N) is 3. The summed E-state index contributed by atoms with van der Waals surface area (Å²) in [5, 5.41) is 15.3. The Kier molecular flexibility index (Phi) is 9.42. The lowest BCUT2D eigenvalue weighted by atomic mass is 9.69. The van der Waals surface area contributed by atoms with Crippen LogP contribution < -0.4 is 10.9 Å². The predicted molar refractivity (Wildman–Crippen MR) is 165 cm³/mol.